The first-order valence-corrected chi connectivity index (χ1v) is 9.82. The molecule has 2 aromatic rings. The number of aromatic nitrogens is 1. The van der Waals surface area contributed by atoms with Gasteiger partial charge in [-0.25, -0.2) is 4.98 Å². The minimum atomic E-state index is -0.151. The first-order chi connectivity index (χ1) is 11.2. The predicted molar refractivity (Wildman–Crippen MR) is 92.0 cm³/mol. The summed E-state index contributed by atoms with van der Waals surface area (Å²) in [5.74, 6) is 0.187. The summed E-state index contributed by atoms with van der Waals surface area (Å²) in [5.41, 5.74) is 2.12. The van der Waals surface area contributed by atoms with E-state index in [1.165, 1.54) is 10.4 Å². The maximum Gasteiger partial charge on any atom is 0.228 e. The van der Waals surface area contributed by atoms with Gasteiger partial charge in [0.2, 0.25) is 5.91 Å². The molecule has 0 bridgehead atoms. The topological polar surface area (TPSA) is 42.4 Å². The lowest BCUT2D eigenvalue weighted by molar-refractivity contribution is -0.140. The Labute approximate surface area is 144 Å². The second kappa shape index (κ2) is 6.00. The van der Waals surface area contributed by atoms with Crippen molar-refractivity contribution in [2.75, 3.05) is 19.7 Å². The zero-order chi connectivity index (χ0) is 15.9. The number of aryl methyl sites for hydroxylation is 1. The number of thiazole rings is 1. The van der Waals surface area contributed by atoms with Crippen LogP contribution in [-0.2, 0) is 28.0 Å². The fraction of sp³-hybridized carbons (Fsp3) is 0.529. The van der Waals surface area contributed by atoms with Crippen molar-refractivity contribution in [3.63, 3.8) is 0 Å². The Morgan fingerprint density at radius 3 is 2.96 bits per heavy atom. The molecule has 1 saturated heterocycles. The first kappa shape index (κ1) is 15.3. The molecule has 4 heterocycles. The summed E-state index contributed by atoms with van der Waals surface area (Å²) >= 11 is 3.44. The smallest absolute Gasteiger partial charge is 0.228 e. The van der Waals surface area contributed by atoms with E-state index >= 15 is 0 Å². The third-order valence-corrected chi connectivity index (χ3v) is 6.67. The molecule has 4 nitrogen and oxygen atoms in total. The van der Waals surface area contributed by atoms with Crippen LogP contribution in [0.3, 0.4) is 0 Å². The number of hydrogen-bond acceptors (Lipinski definition) is 5. The van der Waals surface area contributed by atoms with Crippen molar-refractivity contribution in [3.05, 3.63) is 38.0 Å². The van der Waals surface area contributed by atoms with Gasteiger partial charge >= 0.3 is 0 Å². The normalized spacial score (nSPS) is 19.8. The summed E-state index contributed by atoms with van der Waals surface area (Å²) in [5, 5.41) is 5.18. The first-order valence-electron chi connectivity index (χ1n) is 8.06. The number of carbonyl (C=O) groups is 1. The fourth-order valence-corrected chi connectivity index (χ4v) is 5.21. The molecule has 2 aliphatic rings. The fourth-order valence-electron chi connectivity index (χ4n) is 3.64. The summed E-state index contributed by atoms with van der Waals surface area (Å²) < 4.78 is 6.20. The lowest BCUT2D eigenvalue weighted by Crippen LogP contribution is -2.48. The Kier molecular flexibility index (Phi) is 3.99. The third-order valence-electron chi connectivity index (χ3n) is 4.87. The second-order valence-corrected chi connectivity index (χ2v) is 8.33. The molecule has 0 N–H and O–H groups in total. The number of likely N-dealkylation sites (tertiary alicyclic amines) is 1. The van der Waals surface area contributed by atoms with Crippen molar-refractivity contribution in [1.29, 1.82) is 0 Å². The summed E-state index contributed by atoms with van der Waals surface area (Å²) in [7, 11) is 0. The van der Waals surface area contributed by atoms with Crippen molar-refractivity contribution in [2.24, 2.45) is 0 Å². The minimum Gasteiger partial charge on any atom is -0.370 e. The third kappa shape index (κ3) is 2.84. The lowest BCUT2D eigenvalue weighted by atomic mass is 9.82. The van der Waals surface area contributed by atoms with Crippen LogP contribution in [0.25, 0.3) is 0 Å². The molecule has 23 heavy (non-hydrogen) atoms. The largest absolute Gasteiger partial charge is 0.370 e. The van der Waals surface area contributed by atoms with E-state index in [1.807, 2.05) is 28.5 Å². The highest BCUT2D eigenvalue weighted by molar-refractivity contribution is 7.10. The number of ether oxygens (including phenoxy) is 1. The van der Waals surface area contributed by atoms with Crippen molar-refractivity contribution in [1.82, 2.24) is 9.88 Å². The van der Waals surface area contributed by atoms with Gasteiger partial charge in [0.25, 0.3) is 0 Å². The van der Waals surface area contributed by atoms with Crippen LogP contribution >= 0.6 is 22.7 Å². The molecule has 1 spiro atoms. The molecule has 0 aromatic carbocycles. The molecule has 0 aliphatic carbocycles. The highest BCUT2D eigenvalue weighted by atomic mass is 32.1. The number of hydrogen-bond donors (Lipinski definition) is 0. The summed E-state index contributed by atoms with van der Waals surface area (Å²) in [4.78, 5) is 20.3. The van der Waals surface area contributed by atoms with Crippen LogP contribution in [0, 0.1) is 6.92 Å². The van der Waals surface area contributed by atoms with Crippen LogP contribution in [0.15, 0.2) is 16.8 Å². The van der Waals surface area contributed by atoms with Gasteiger partial charge in [-0.05, 0) is 36.8 Å². The molecular formula is C17H20N2O2S2. The van der Waals surface area contributed by atoms with E-state index < -0.39 is 0 Å². The zero-order valence-electron chi connectivity index (χ0n) is 13.2. The van der Waals surface area contributed by atoms with Gasteiger partial charge in [0.15, 0.2) is 0 Å². The number of thiophene rings is 1. The van der Waals surface area contributed by atoms with Gasteiger partial charge in [-0.15, -0.1) is 22.7 Å². The minimum absolute atomic E-state index is 0.151. The molecule has 0 atom stereocenters. The zero-order valence-corrected chi connectivity index (χ0v) is 14.8. The molecule has 1 fully saturated rings. The molecule has 0 saturated carbocycles. The van der Waals surface area contributed by atoms with Gasteiger partial charge in [0.1, 0.15) is 0 Å². The van der Waals surface area contributed by atoms with Gasteiger partial charge < -0.3 is 9.64 Å². The number of piperidine rings is 1. The molecular weight excluding hydrogens is 328 g/mol. The number of nitrogens with zero attached hydrogens (tertiary/aromatic N) is 2. The van der Waals surface area contributed by atoms with Crippen LogP contribution in [0.1, 0.15) is 34.0 Å². The van der Waals surface area contributed by atoms with Gasteiger partial charge in [-0.2, -0.15) is 0 Å². The van der Waals surface area contributed by atoms with Crippen molar-refractivity contribution in [3.8, 4) is 0 Å². The Morgan fingerprint density at radius 1 is 1.39 bits per heavy atom. The predicted octanol–water partition coefficient (Wildman–Crippen LogP) is 3.15. The number of amides is 1. The van der Waals surface area contributed by atoms with Gasteiger partial charge in [-0.1, -0.05) is 0 Å². The van der Waals surface area contributed by atoms with Gasteiger partial charge in [0, 0.05) is 29.8 Å². The Morgan fingerprint density at radius 2 is 2.22 bits per heavy atom. The van der Waals surface area contributed by atoms with Crippen LogP contribution in [0.4, 0.5) is 0 Å². The number of rotatable bonds is 2. The maximum atomic E-state index is 12.5. The van der Waals surface area contributed by atoms with Crippen molar-refractivity contribution in [2.45, 2.75) is 38.2 Å². The van der Waals surface area contributed by atoms with Gasteiger partial charge in [0.05, 0.1) is 29.3 Å². The van der Waals surface area contributed by atoms with Crippen molar-refractivity contribution < 1.29 is 9.53 Å². The molecule has 0 radical (unpaired) electrons. The van der Waals surface area contributed by atoms with E-state index in [9.17, 15) is 4.79 Å². The van der Waals surface area contributed by atoms with Crippen molar-refractivity contribution >= 4 is 28.6 Å². The van der Waals surface area contributed by atoms with Crippen LogP contribution < -0.4 is 0 Å². The summed E-state index contributed by atoms with van der Waals surface area (Å²) in [6, 6.07) is 2.22. The molecule has 4 rings (SSSR count). The number of carbonyl (C=O) groups excluding carboxylic acids is 1. The molecule has 1 amide bonds. The second-order valence-electron chi connectivity index (χ2n) is 6.27. The SMILES string of the molecule is Cc1nc(CC(=O)N2CCC3(CC2)OCCc2sccc23)cs1. The Bertz CT molecular complexity index is 714. The summed E-state index contributed by atoms with van der Waals surface area (Å²) in [6.07, 6.45) is 3.25. The van der Waals surface area contributed by atoms with Crippen LogP contribution in [0.5, 0.6) is 0 Å². The van der Waals surface area contributed by atoms with E-state index in [0.29, 0.717) is 6.42 Å². The lowest BCUT2D eigenvalue weighted by Gasteiger charge is -2.44. The van der Waals surface area contributed by atoms with E-state index in [4.69, 9.17) is 4.74 Å². The van der Waals surface area contributed by atoms with Crippen LogP contribution in [-0.4, -0.2) is 35.5 Å². The van der Waals surface area contributed by atoms with E-state index in [-0.39, 0.29) is 11.5 Å². The Balaban J connectivity index is 1.43. The van der Waals surface area contributed by atoms with Crippen LogP contribution in [0.2, 0.25) is 0 Å². The Hall–Kier alpha value is -1.24. The highest BCUT2D eigenvalue weighted by Gasteiger charge is 2.42. The van der Waals surface area contributed by atoms with E-state index in [2.05, 4.69) is 16.4 Å². The standard InChI is InChI=1S/C17H20N2O2S2/c1-12-18-13(11-23-12)10-16(20)19-6-4-17(5-7-19)14-3-9-22-15(14)2-8-21-17/h3,9,11H,2,4-8,10H2,1H3. The van der Waals surface area contributed by atoms with E-state index in [0.717, 1.165) is 49.7 Å². The molecule has 2 aromatic heterocycles. The molecule has 122 valence electrons. The quantitative estimate of drug-likeness (QED) is 0.837. The maximum absolute atomic E-state index is 12.5. The van der Waals surface area contributed by atoms with Gasteiger partial charge in [-0.3, -0.25) is 4.79 Å². The summed E-state index contributed by atoms with van der Waals surface area (Å²) in [6.45, 7) is 4.33. The number of fused-ring (bicyclic) bond motifs is 2. The molecule has 6 heteroatoms. The van der Waals surface area contributed by atoms with E-state index in [1.54, 1.807) is 11.3 Å². The highest BCUT2D eigenvalue weighted by Crippen LogP contribution is 2.43. The average Bonchev–Trinajstić information content (AvgIpc) is 3.18. The molecule has 2 aliphatic heterocycles. The monoisotopic (exact) mass is 348 g/mol. The average molecular weight is 348 g/mol. The molecule has 0 unspecified atom stereocenters.